The fourth-order valence-corrected chi connectivity index (χ4v) is 2.24. The van der Waals surface area contributed by atoms with Crippen LogP contribution in [0.2, 0.25) is 0 Å². The molecule has 0 radical (unpaired) electrons. The summed E-state index contributed by atoms with van der Waals surface area (Å²) in [6.45, 7) is 2.95. The molecule has 2 rings (SSSR count). The molecule has 0 aromatic heterocycles. The average molecular weight is 277 g/mol. The van der Waals surface area contributed by atoms with Crippen LogP contribution in [-0.4, -0.2) is 24.4 Å². The Bertz CT molecular complexity index is 538. The van der Waals surface area contributed by atoms with Crippen LogP contribution in [0.5, 0.6) is 0 Å². The summed E-state index contributed by atoms with van der Waals surface area (Å²) in [5.74, 6) is -0.322. The average Bonchev–Trinajstić information content (AvgIpc) is 3.24. The minimum Gasteiger partial charge on any atom is -0.384 e. The van der Waals surface area contributed by atoms with Gasteiger partial charge >= 0.3 is 0 Å². The monoisotopic (exact) mass is 277 g/mol. The molecule has 2 N–H and O–H groups in total. The molecule has 0 spiro atoms. The first kappa shape index (κ1) is 14.3. The number of hydrogen-bond acceptors (Lipinski definition) is 4. The van der Waals surface area contributed by atoms with Crippen molar-refractivity contribution in [1.29, 1.82) is 0 Å². The Kier molecular flexibility index (Phi) is 3.92. The Labute approximate surface area is 117 Å². The van der Waals surface area contributed by atoms with Gasteiger partial charge in [0.05, 0.1) is 10.5 Å². The maximum absolute atomic E-state index is 11.8. The number of nitro benzene ring substituents is 1. The Hall–Kier alpha value is -2.11. The summed E-state index contributed by atoms with van der Waals surface area (Å²) in [6, 6.07) is 4.33. The number of anilines is 1. The molecule has 6 heteroatoms. The number of hydrogen-bond donors (Lipinski definition) is 2. The Morgan fingerprint density at radius 1 is 1.45 bits per heavy atom. The lowest BCUT2D eigenvalue weighted by Gasteiger charge is -2.16. The van der Waals surface area contributed by atoms with Crippen molar-refractivity contribution in [3.63, 3.8) is 0 Å². The summed E-state index contributed by atoms with van der Waals surface area (Å²) in [6.07, 6.45) is 3.49. The number of non-ortho nitro benzene ring substituents is 1. The second kappa shape index (κ2) is 5.48. The normalized spacial score (nSPS) is 15.5. The van der Waals surface area contributed by atoms with E-state index in [0.717, 1.165) is 13.0 Å². The Morgan fingerprint density at radius 2 is 2.15 bits per heavy atom. The van der Waals surface area contributed by atoms with Gasteiger partial charge in [-0.3, -0.25) is 14.9 Å². The maximum atomic E-state index is 11.8. The van der Waals surface area contributed by atoms with Gasteiger partial charge in [-0.05, 0) is 30.7 Å². The molecular weight excluding hydrogens is 258 g/mol. The van der Waals surface area contributed by atoms with Crippen LogP contribution in [0.25, 0.3) is 0 Å². The maximum Gasteiger partial charge on any atom is 0.270 e. The predicted octanol–water partition coefficient (Wildman–Crippen LogP) is 2.56. The summed E-state index contributed by atoms with van der Waals surface area (Å²) < 4.78 is 0. The van der Waals surface area contributed by atoms with E-state index < -0.39 is 4.92 Å². The fraction of sp³-hybridized carbons (Fsp3) is 0.500. The van der Waals surface area contributed by atoms with Crippen LogP contribution in [0.4, 0.5) is 11.4 Å². The quantitative estimate of drug-likeness (QED) is 0.618. The van der Waals surface area contributed by atoms with E-state index in [-0.39, 0.29) is 11.6 Å². The molecule has 0 unspecified atom stereocenters. The van der Waals surface area contributed by atoms with Gasteiger partial charge in [0.15, 0.2) is 0 Å². The second-order valence-corrected chi connectivity index (χ2v) is 5.27. The smallest absolute Gasteiger partial charge is 0.270 e. The van der Waals surface area contributed by atoms with Gasteiger partial charge in [-0.2, -0.15) is 0 Å². The van der Waals surface area contributed by atoms with Crippen LogP contribution in [0.3, 0.4) is 0 Å². The molecule has 0 heterocycles. The Morgan fingerprint density at radius 3 is 2.65 bits per heavy atom. The highest BCUT2D eigenvalue weighted by Crippen LogP contribution is 2.48. The molecule has 1 aliphatic carbocycles. The van der Waals surface area contributed by atoms with Gasteiger partial charge in [-0.25, -0.2) is 0 Å². The molecule has 1 aliphatic rings. The van der Waals surface area contributed by atoms with Crippen molar-refractivity contribution in [3.05, 3.63) is 33.9 Å². The third-order valence-corrected chi connectivity index (χ3v) is 4.05. The van der Waals surface area contributed by atoms with Crippen LogP contribution >= 0.6 is 0 Å². The molecule has 1 saturated carbocycles. The lowest BCUT2D eigenvalue weighted by atomic mass is 10.0. The van der Waals surface area contributed by atoms with Crippen molar-refractivity contribution >= 4 is 17.3 Å². The van der Waals surface area contributed by atoms with Crippen molar-refractivity contribution in [3.8, 4) is 0 Å². The minimum atomic E-state index is -0.495. The molecule has 0 aliphatic heterocycles. The number of benzene rings is 1. The van der Waals surface area contributed by atoms with E-state index in [1.807, 2.05) is 0 Å². The first-order valence-corrected chi connectivity index (χ1v) is 6.76. The SMILES string of the molecule is CCC1(CNc2ccc([N+](=O)[O-])cc2C(=O)NC)CC1. The fourth-order valence-electron chi connectivity index (χ4n) is 2.24. The number of nitrogens with one attached hydrogen (secondary N) is 2. The number of carbonyl (C=O) groups excluding carboxylic acids is 1. The van der Waals surface area contributed by atoms with E-state index in [0.29, 0.717) is 16.7 Å². The van der Waals surface area contributed by atoms with Crippen molar-refractivity contribution < 1.29 is 9.72 Å². The zero-order chi connectivity index (χ0) is 14.8. The molecule has 0 saturated heterocycles. The zero-order valence-electron chi connectivity index (χ0n) is 11.7. The van der Waals surface area contributed by atoms with Gasteiger partial charge in [0.25, 0.3) is 11.6 Å². The lowest BCUT2D eigenvalue weighted by Crippen LogP contribution is -2.22. The summed E-state index contributed by atoms with van der Waals surface area (Å²) in [5.41, 5.74) is 1.22. The summed E-state index contributed by atoms with van der Waals surface area (Å²) in [4.78, 5) is 22.2. The van der Waals surface area contributed by atoms with E-state index in [4.69, 9.17) is 0 Å². The molecule has 20 heavy (non-hydrogen) atoms. The van der Waals surface area contributed by atoms with Gasteiger partial charge < -0.3 is 10.6 Å². The van der Waals surface area contributed by atoms with Crippen molar-refractivity contribution in [2.24, 2.45) is 5.41 Å². The number of amides is 1. The molecule has 1 aromatic rings. The first-order chi connectivity index (χ1) is 9.51. The van der Waals surface area contributed by atoms with Gasteiger partial charge in [0.2, 0.25) is 0 Å². The molecular formula is C14H19N3O3. The predicted molar refractivity (Wildman–Crippen MR) is 76.9 cm³/mol. The third kappa shape index (κ3) is 2.89. The molecule has 1 amide bonds. The molecule has 108 valence electrons. The number of rotatable bonds is 6. The van der Waals surface area contributed by atoms with E-state index >= 15 is 0 Å². The highest BCUT2D eigenvalue weighted by atomic mass is 16.6. The largest absolute Gasteiger partial charge is 0.384 e. The standard InChI is InChI=1S/C14H19N3O3/c1-3-14(6-7-14)9-16-12-5-4-10(17(19)20)8-11(12)13(18)15-2/h4-5,8,16H,3,6-7,9H2,1-2H3,(H,15,18). The van der Waals surface area contributed by atoms with E-state index in [1.54, 1.807) is 6.07 Å². The minimum absolute atomic E-state index is 0.0780. The van der Waals surface area contributed by atoms with Crippen molar-refractivity contribution in [2.75, 3.05) is 18.9 Å². The third-order valence-electron chi connectivity index (χ3n) is 4.05. The van der Waals surface area contributed by atoms with Gasteiger partial charge in [-0.1, -0.05) is 6.92 Å². The van der Waals surface area contributed by atoms with Gasteiger partial charge in [-0.15, -0.1) is 0 Å². The first-order valence-electron chi connectivity index (χ1n) is 6.76. The highest BCUT2D eigenvalue weighted by molar-refractivity contribution is 6.00. The van der Waals surface area contributed by atoms with Gasteiger partial charge in [0, 0.05) is 31.4 Å². The van der Waals surface area contributed by atoms with E-state index in [9.17, 15) is 14.9 Å². The van der Waals surface area contributed by atoms with E-state index in [2.05, 4.69) is 17.6 Å². The summed E-state index contributed by atoms with van der Waals surface area (Å²) >= 11 is 0. The van der Waals surface area contributed by atoms with Crippen LogP contribution in [0, 0.1) is 15.5 Å². The molecule has 0 atom stereocenters. The van der Waals surface area contributed by atoms with Crippen molar-refractivity contribution in [1.82, 2.24) is 5.32 Å². The number of carbonyl (C=O) groups is 1. The molecule has 1 fully saturated rings. The van der Waals surface area contributed by atoms with Crippen LogP contribution in [-0.2, 0) is 0 Å². The molecule has 6 nitrogen and oxygen atoms in total. The van der Waals surface area contributed by atoms with Crippen molar-refractivity contribution in [2.45, 2.75) is 26.2 Å². The number of nitro groups is 1. The van der Waals surface area contributed by atoms with Gasteiger partial charge in [0.1, 0.15) is 0 Å². The van der Waals surface area contributed by atoms with Crippen LogP contribution in [0.15, 0.2) is 18.2 Å². The lowest BCUT2D eigenvalue weighted by molar-refractivity contribution is -0.384. The second-order valence-electron chi connectivity index (χ2n) is 5.27. The summed E-state index contributed by atoms with van der Waals surface area (Å²) in [5, 5.41) is 16.6. The van der Waals surface area contributed by atoms with Crippen LogP contribution < -0.4 is 10.6 Å². The summed E-state index contributed by atoms with van der Waals surface area (Å²) in [7, 11) is 1.51. The molecule has 0 bridgehead atoms. The molecule has 1 aromatic carbocycles. The highest BCUT2D eigenvalue weighted by Gasteiger charge is 2.40. The Balaban J connectivity index is 2.22. The zero-order valence-corrected chi connectivity index (χ0v) is 11.7. The van der Waals surface area contributed by atoms with E-state index in [1.165, 1.54) is 32.0 Å². The van der Waals surface area contributed by atoms with Crippen LogP contribution in [0.1, 0.15) is 36.5 Å². The topological polar surface area (TPSA) is 84.3 Å². The number of nitrogens with zero attached hydrogens (tertiary/aromatic N) is 1.